The summed E-state index contributed by atoms with van der Waals surface area (Å²) in [6.45, 7) is 3.08. The lowest BCUT2D eigenvalue weighted by Crippen LogP contribution is -2.56. The Morgan fingerprint density at radius 3 is 2.60 bits per heavy atom. The van der Waals surface area contributed by atoms with Gasteiger partial charge in [-0.15, -0.1) is 0 Å². The summed E-state index contributed by atoms with van der Waals surface area (Å²) in [5.74, 6) is 0. The molecule has 0 saturated carbocycles. The van der Waals surface area contributed by atoms with Crippen LogP contribution in [0.2, 0.25) is 0 Å². The SMILES string of the molecule is Nc1ccccc1CN1CC2CC(C1)O2. The van der Waals surface area contributed by atoms with Crippen LogP contribution in [-0.4, -0.2) is 30.2 Å². The number of hydrogen-bond donors (Lipinski definition) is 1. The van der Waals surface area contributed by atoms with E-state index in [0.717, 1.165) is 25.3 Å². The van der Waals surface area contributed by atoms with Gasteiger partial charge in [-0.3, -0.25) is 4.90 Å². The van der Waals surface area contributed by atoms with Crippen LogP contribution in [0.25, 0.3) is 0 Å². The molecule has 15 heavy (non-hydrogen) atoms. The molecule has 0 spiro atoms. The molecule has 3 fully saturated rings. The van der Waals surface area contributed by atoms with Gasteiger partial charge in [0.15, 0.2) is 0 Å². The van der Waals surface area contributed by atoms with E-state index in [1.165, 1.54) is 12.0 Å². The van der Waals surface area contributed by atoms with Gasteiger partial charge in [0.2, 0.25) is 0 Å². The maximum atomic E-state index is 5.93. The highest BCUT2D eigenvalue weighted by atomic mass is 16.5. The standard InChI is InChI=1S/C12H16N2O/c13-12-4-2-1-3-9(12)6-14-7-10-5-11(8-14)15-10/h1-4,10-11H,5-8,13H2. The largest absolute Gasteiger partial charge is 0.398 e. The Labute approximate surface area is 89.8 Å². The molecule has 1 aromatic carbocycles. The fraction of sp³-hybridized carbons (Fsp3) is 0.500. The van der Waals surface area contributed by atoms with Crippen LogP contribution in [0.1, 0.15) is 12.0 Å². The minimum Gasteiger partial charge on any atom is -0.398 e. The number of anilines is 1. The molecule has 3 nitrogen and oxygen atoms in total. The zero-order valence-electron chi connectivity index (χ0n) is 8.73. The first kappa shape index (κ1) is 9.19. The highest BCUT2D eigenvalue weighted by Crippen LogP contribution is 2.29. The summed E-state index contributed by atoms with van der Waals surface area (Å²) in [7, 11) is 0. The average Bonchev–Trinajstić information content (AvgIpc) is 2.21. The number of fused-ring (bicyclic) bond motifs is 2. The Hall–Kier alpha value is -1.06. The zero-order valence-corrected chi connectivity index (χ0v) is 8.73. The summed E-state index contributed by atoms with van der Waals surface area (Å²) in [4.78, 5) is 2.44. The summed E-state index contributed by atoms with van der Waals surface area (Å²) >= 11 is 0. The van der Waals surface area contributed by atoms with E-state index >= 15 is 0 Å². The average molecular weight is 204 g/mol. The van der Waals surface area contributed by atoms with Crippen molar-refractivity contribution >= 4 is 5.69 Å². The number of rotatable bonds is 2. The molecular weight excluding hydrogens is 188 g/mol. The predicted molar refractivity (Wildman–Crippen MR) is 59.4 cm³/mol. The van der Waals surface area contributed by atoms with Gasteiger partial charge in [0, 0.05) is 31.7 Å². The van der Waals surface area contributed by atoms with Crippen LogP contribution in [0.5, 0.6) is 0 Å². The van der Waals surface area contributed by atoms with E-state index in [-0.39, 0.29) is 0 Å². The topological polar surface area (TPSA) is 38.5 Å². The van der Waals surface area contributed by atoms with E-state index in [1.54, 1.807) is 0 Å². The Morgan fingerprint density at radius 1 is 1.27 bits per heavy atom. The van der Waals surface area contributed by atoms with E-state index in [0.29, 0.717) is 12.2 Å². The second-order valence-electron chi connectivity index (χ2n) is 4.51. The van der Waals surface area contributed by atoms with Crippen molar-refractivity contribution in [2.45, 2.75) is 25.2 Å². The van der Waals surface area contributed by atoms with E-state index in [2.05, 4.69) is 11.0 Å². The van der Waals surface area contributed by atoms with Crippen molar-refractivity contribution < 1.29 is 4.74 Å². The lowest BCUT2D eigenvalue weighted by Gasteiger charge is -2.47. The highest BCUT2D eigenvalue weighted by Gasteiger charge is 2.37. The molecule has 2 unspecified atom stereocenters. The molecule has 0 aliphatic carbocycles. The summed E-state index contributed by atoms with van der Waals surface area (Å²) in [6.07, 6.45) is 2.21. The molecule has 2 atom stereocenters. The lowest BCUT2D eigenvalue weighted by molar-refractivity contribution is -0.182. The first-order valence-electron chi connectivity index (χ1n) is 5.52. The Morgan fingerprint density at radius 2 is 1.93 bits per heavy atom. The molecular formula is C12H16N2O. The smallest absolute Gasteiger partial charge is 0.0731 e. The predicted octanol–water partition coefficient (Wildman–Crippen LogP) is 1.24. The molecule has 3 heteroatoms. The monoisotopic (exact) mass is 204 g/mol. The van der Waals surface area contributed by atoms with Gasteiger partial charge in [0.1, 0.15) is 0 Å². The molecule has 3 aliphatic heterocycles. The van der Waals surface area contributed by atoms with E-state index in [9.17, 15) is 0 Å². The molecule has 0 amide bonds. The van der Waals surface area contributed by atoms with Gasteiger partial charge < -0.3 is 10.5 Å². The van der Waals surface area contributed by atoms with Crippen LogP contribution in [0.4, 0.5) is 5.69 Å². The normalized spacial score (nSPS) is 29.9. The second-order valence-corrected chi connectivity index (χ2v) is 4.51. The number of para-hydroxylation sites is 1. The number of benzene rings is 1. The number of hydrogen-bond acceptors (Lipinski definition) is 3. The first-order valence-corrected chi connectivity index (χ1v) is 5.52. The van der Waals surface area contributed by atoms with E-state index in [4.69, 9.17) is 10.5 Å². The zero-order chi connectivity index (χ0) is 10.3. The Bertz CT molecular complexity index is 350. The summed E-state index contributed by atoms with van der Waals surface area (Å²) in [5, 5.41) is 0. The van der Waals surface area contributed by atoms with Gasteiger partial charge in [0.05, 0.1) is 12.2 Å². The molecule has 80 valence electrons. The van der Waals surface area contributed by atoms with Crippen molar-refractivity contribution in [3.63, 3.8) is 0 Å². The van der Waals surface area contributed by atoms with Crippen LogP contribution in [0, 0.1) is 0 Å². The number of piperidine rings is 1. The fourth-order valence-corrected chi connectivity index (χ4v) is 2.49. The van der Waals surface area contributed by atoms with Gasteiger partial charge in [-0.05, 0) is 11.6 Å². The third-order valence-electron chi connectivity index (χ3n) is 3.28. The Kier molecular flexibility index (Phi) is 2.15. The van der Waals surface area contributed by atoms with Crippen molar-refractivity contribution in [3.05, 3.63) is 29.8 Å². The van der Waals surface area contributed by atoms with Crippen molar-refractivity contribution in [2.24, 2.45) is 0 Å². The maximum absolute atomic E-state index is 5.93. The second kappa shape index (κ2) is 3.51. The summed E-state index contributed by atoms with van der Waals surface area (Å²) in [5.41, 5.74) is 8.06. The van der Waals surface area contributed by atoms with E-state index < -0.39 is 0 Å². The van der Waals surface area contributed by atoms with Gasteiger partial charge in [-0.2, -0.15) is 0 Å². The molecule has 4 rings (SSSR count). The minimum absolute atomic E-state index is 0.480. The van der Waals surface area contributed by atoms with Crippen molar-refractivity contribution in [1.82, 2.24) is 4.90 Å². The summed E-state index contributed by atoms with van der Waals surface area (Å²) in [6, 6.07) is 8.11. The number of nitrogens with two attached hydrogens (primary N) is 1. The van der Waals surface area contributed by atoms with Crippen LogP contribution >= 0.6 is 0 Å². The van der Waals surface area contributed by atoms with Crippen molar-refractivity contribution in [2.75, 3.05) is 18.8 Å². The van der Waals surface area contributed by atoms with Gasteiger partial charge in [-0.25, -0.2) is 0 Å². The molecule has 0 radical (unpaired) electrons. The van der Waals surface area contributed by atoms with E-state index in [1.807, 2.05) is 18.2 Å². The molecule has 0 aromatic heterocycles. The lowest BCUT2D eigenvalue weighted by atomic mass is 9.98. The molecule has 3 heterocycles. The molecule has 3 aliphatic rings. The van der Waals surface area contributed by atoms with Gasteiger partial charge in [-0.1, -0.05) is 18.2 Å². The molecule has 3 saturated heterocycles. The fourth-order valence-electron chi connectivity index (χ4n) is 2.49. The molecule has 2 N–H and O–H groups in total. The van der Waals surface area contributed by atoms with Crippen molar-refractivity contribution in [3.8, 4) is 0 Å². The molecule has 1 aromatic rings. The quantitative estimate of drug-likeness (QED) is 0.737. The molecule has 2 bridgehead atoms. The van der Waals surface area contributed by atoms with Crippen LogP contribution < -0.4 is 5.73 Å². The van der Waals surface area contributed by atoms with Crippen LogP contribution in [0.3, 0.4) is 0 Å². The number of ether oxygens (including phenoxy) is 1. The maximum Gasteiger partial charge on any atom is 0.0731 e. The third-order valence-corrected chi connectivity index (χ3v) is 3.28. The first-order chi connectivity index (χ1) is 7.31. The third kappa shape index (κ3) is 1.73. The van der Waals surface area contributed by atoms with Gasteiger partial charge in [0.25, 0.3) is 0 Å². The highest BCUT2D eigenvalue weighted by molar-refractivity contribution is 5.46. The number of nitrogen functional groups attached to an aromatic ring is 1. The summed E-state index contributed by atoms with van der Waals surface area (Å²) < 4.78 is 5.60. The van der Waals surface area contributed by atoms with Gasteiger partial charge >= 0.3 is 0 Å². The van der Waals surface area contributed by atoms with Crippen LogP contribution in [0.15, 0.2) is 24.3 Å². The number of morpholine rings is 1. The Balaban J connectivity index is 1.68. The van der Waals surface area contributed by atoms with Crippen molar-refractivity contribution in [1.29, 1.82) is 0 Å². The van der Waals surface area contributed by atoms with Crippen LogP contribution in [-0.2, 0) is 11.3 Å². The number of nitrogens with zero attached hydrogens (tertiary/aromatic N) is 1. The minimum atomic E-state index is 0.480.